The molecule has 1 nitrogen and oxygen atoms in total. The van der Waals surface area contributed by atoms with Crippen LogP contribution < -0.4 is 5.32 Å². The van der Waals surface area contributed by atoms with E-state index in [1.54, 1.807) is 0 Å². The van der Waals surface area contributed by atoms with Crippen molar-refractivity contribution in [1.82, 2.24) is 5.32 Å². The zero-order chi connectivity index (χ0) is 12.5. The maximum Gasteiger partial charge on any atom is 0.0446 e. The van der Waals surface area contributed by atoms with Gasteiger partial charge < -0.3 is 5.32 Å². The molecular weight excluding hydrogens is 250 g/mol. The first-order valence-corrected chi connectivity index (χ1v) is 7.75. The van der Waals surface area contributed by atoms with Crippen molar-refractivity contribution in [2.45, 2.75) is 38.0 Å². The molecule has 96 valence electrons. The summed E-state index contributed by atoms with van der Waals surface area (Å²) in [6, 6.07) is 8.75. The van der Waals surface area contributed by atoms with Crippen molar-refractivity contribution in [2.75, 3.05) is 12.8 Å². The van der Waals surface area contributed by atoms with Crippen molar-refractivity contribution in [2.24, 2.45) is 0 Å². The fourth-order valence-corrected chi connectivity index (χ4v) is 2.90. The number of benzene rings is 1. The Morgan fingerprint density at radius 1 is 1.29 bits per heavy atom. The predicted molar refractivity (Wildman–Crippen MR) is 80.0 cm³/mol. The normalized spacial score (nSPS) is 12.6. The Morgan fingerprint density at radius 2 is 2.06 bits per heavy atom. The van der Waals surface area contributed by atoms with Crippen LogP contribution >= 0.6 is 23.4 Å². The highest BCUT2D eigenvalue weighted by molar-refractivity contribution is 7.98. The molecule has 1 rings (SSSR count). The second-order valence-corrected chi connectivity index (χ2v) is 5.84. The minimum atomic E-state index is 0.642. The number of nitrogens with one attached hydrogen (secondary N) is 1. The summed E-state index contributed by atoms with van der Waals surface area (Å²) >= 11 is 8.08. The van der Waals surface area contributed by atoms with E-state index in [2.05, 4.69) is 24.4 Å². The lowest BCUT2D eigenvalue weighted by molar-refractivity contribution is 0.539. The summed E-state index contributed by atoms with van der Waals surface area (Å²) in [6.07, 6.45) is 3.86. The van der Waals surface area contributed by atoms with Crippen molar-refractivity contribution < 1.29 is 0 Å². The van der Waals surface area contributed by atoms with Crippen LogP contribution in [0.4, 0.5) is 0 Å². The van der Waals surface area contributed by atoms with E-state index in [1.165, 1.54) is 30.6 Å². The van der Waals surface area contributed by atoms with Crippen LogP contribution in [0.25, 0.3) is 0 Å². The molecule has 0 saturated carbocycles. The number of hydrogen-bond acceptors (Lipinski definition) is 2. The summed E-state index contributed by atoms with van der Waals surface area (Å²) in [5, 5.41) is 4.16. The van der Waals surface area contributed by atoms with Gasteiger partial charge in [0.15, 0.2) is 0 Å². The number of hydrogen-bond donors (Lipinski definition) is 1. The van der Waals surface area contributed by atoms with Crippen LogP contribution in [0.3, 0.4) is 0 Å². The van der Waals surface area contributed by atoms with E-state index >= 15 is 0 Å². The Kier molecular flexibility index (Phi) is 7.74. The summed E-state index contributed by atoms with van der Waals surface area (Å²) in [5.74, 6) is 2.25. The fraction of sp³-hybridized carbons (Fsp3) is 0.571. The van der Waals surface area contributed by atoms with Gasteiger partial charge in [0, 0.05) is 16.8 Å². The fourth-order valence-electron chi connectivity index (χ4n) is 1.60. The van der Waals surface area contributed by atoms with Crippen LogP contribution in [0.5, 0.6) is 0 Å². The molecule has 0 radical (unpaired) electrons. The summed E-state index contributed by atoms with van der Waals surface area (Å²) in [7, 11) is 2.02. The number of halogens is 1. The third kappa shape index (κ3) is 6.35. The minimum absolute atomic E-state index is 0.642. The molecule has 1 aromatic carbocycles. The van der Waals surface area contributed by atoms with Gasteiger partial charge in [-0.3, -0.25) is 0 Å². The van der Waals surface area contributed by atoms with Crippen LogP contribution in [0.1, 0.15) is 31.7 Å². The number of rotatable bonds is 8. The van der Waals surface area contributed by atoms with Crippen molar-refractivity contribution in [1.29, 1.82) is 0 Å². The highest BCUT2D eigenvalue weighted by Crippen LogP contribution is 2.21. The topological polar surface area (TPSA) is 12.0 Å². The quantitative estimate of drug-likeness (QED) is 0.706. The molecule has 0 saturated heterocycles. The zero-order valence-corrected chi connectivity index (χ0v) is 12.3. The minimum Gasteiger partial charge on any atom is -0.317 e. The van der Waals surface area contributed by atoms with Gasteiger partial charge in [0.25, 0.3) is 0 Å². The van der Waals surface area contributed by atoms with Crippen molar-refractivity contribution in [3.63, 3.8) is 0 Å². The average molecular weight is 272 g/mol. The first-order valence-electron chi connectivity index (χ1n) is 6.22. The van der Waals surface area contributed by atoms with Gasteiger partial charge in [-0.2, -0.15) is 11.8 Å². The zero-order valence-electron chi connectivity index (χ0n) is 10.7. The molecule has 0 aliphatic carbocycles. The number of thioether (sulfide) groups is 1. The van der Waals surface area contributed by atoms with Gasteiger partial charge in [-0.05, 0) is 44.2 Å². The van der Waals surface area contributed by atoms with Crippen LogP contribution in [-0.4, -0.2) is 18.8 Å². The molecule has 0 aromatic heterocycles. The van der Waals surface area contributed by atoms with Crippen molar-refractivity contribution >= 4 is 23.4 Å². The lowest BCUT2D eigenvalue weighted by atomic mass is 10.1. The summed E-state index contributed by atoms with van der Waals surface area (Å²) < 4.78 is 0. The van der Waals surface area contributed by atoms with Gasteiger partial charge in [0.2, 0.25) is 0 Å². The molecule has 0 aliphatic rings. The molecule has 0 aliphatic heterocycles. The maximum atomic E-state index is 6.10. The first-order chi connectivity index (χ1) is 8.24. The van der Waals surface area contributed by atoms with Gasteiger partial charge in [-0.1, -0.05) is 36.2 Å². The molecule has 3 heteroatoms. The summed E-state index contributed by atoms with van der Waals surface area (Å²) in [6.45, 7) is 2.23. The first kappa shape index (κ1) is 14.9. The van der Waals surface area contributed by atoms with Crippen LogP contribution in [0.2, 0.25) is 5.02 Å². The second kappa shape index (κ2) is 8.84. The molecular formula is C14H22ClNS. The van der Waals surface area contributed by atoms with Gasteiger partial charge in [0.05, 0.1) is 0 Å². The molecule has 1 atom stereocenters. The highest BCUT2D eigenvalue weighted by Gasteiger charge is 2.00. The smallest absolute Gasteiger partial charge is 0.0446 e. The molecule has 1 aromatic rings. The lowest BCUT2D eigenvalue weighted by Gasteiger charge is -2.09. The van der Waals surface area contributed by atoms with Gasteiger partial charge in [0.1, 0.15) is 0 Å². The Hall–Kier alpha value is -0.180. The van der Waals surface area contributed by atoms with Gasteiger partial charge in [-0.25, -0.2) is 0 Å². The van der Waals surface area contributed by atoms with E-state index in [0.717, 1.165) is 10.8 Å². The molecule has 1 N–H and O–H groups in total. The standard InChI is InChI=1S/C14H22ClNS/c1-12(16-2)7-5-6-10-17-11-13-8-3-4-9-14(13)15/h3-4,8-9,12,16H,5-7,10-11H2,1-2H3. The number of unbranched alkanes of at least 4 members (excludes halogenated alkanes) is 1. The van der Waals surface area contributed by atoms with Crippen molar-refractivity contribution in [3.8, 4) is 0 Å². The molecule has 0 bridgehead atoms. The van der Waals surface area contributed by atoms with Crippen LogP contribution in [-0.2, 0) is 5.75 Å². The molecule has 1 unspecified atom stereocenters. The van der Waals surface area contributed by atoms with E-state index in [0.29, 0.717) is 6.04 Å². The van der Waals surface area contributed by atoms with Crippen molar-refractivity contribution in [3.05, 3.63) is 34.9 Å². The van der Waals surface area contributed by atoms with Gasteiger partial charge in [-0.15, -0.1) is 0 Å². The third-order valence-corrected chi connectivity index (χ3v) is 4.35. The molecule has 0 fully saturated rings. The SMILES string of the molecule is CNC(C)CCCCSCc1ccccc1Cl. The monoisotopic (exact) mass is 271 g/mol. The van der Waals surface area contributed by atoms with E-state index in [9.17, 15) is 0 Å². The Labute approximate surface area is 114 Å². The van der Waals surface area contributed by atoms with Crippen LogP contribution in [0.15, 0.2) is 24.3 Å². The Morgan fingerprint density at radius 3 is 2.76 bits per heavy atom. The average Bonchev–Trinajstić information content (AvgIpc) is 2.35. The molecule has 0 heterocycles. The lowest BCUT2D eigenvalue weighted by Crippen LogP contribution is -2.20. The molecule has 17 heavy (non-hydrogen) atoms. The highest BCUT2D eigenvalue weighted by atomic mass is 35.5. The summed E-state index contributed by atoms with van der Waals surface area (Å²) in [5.41, 5.74) is 1.25. The third-order valence-electron chi connectivity index (χ3n) is 2.88. The Bertz CT molecular complexity index is 317. The van der Waals surface area contributed by atoms with Crippen LogP contribution in [0, 0.1) is 0 Å². The maximum absolute atomic E-state index is 6.10. The van der Waals surface area contributed by atoms with E-state index in [-0.39, 0.29) is 0 Å². The second-order valence-electron chi connectivity index (χ2n) is 4.33. The largest absolute Gasteiger partial charge is 0.317 e. The van der Waals surface area contributed by atoms with E-state index < -0.39 is 0 Å². The summed E-state index contributed by atoms with van der Waals surface area (Å²) in [4.78, 5) is 0. The van der Waals surface area contributed by atoms with Gasteiger partial charge >= 0.3 is 0 Å². The molecule has 0 amide bonds. The van der Waals surface area contributed by atoms with E-state index in [1.807, 2.05) is 30.9 Å². The van der Waals surface area contributed by atoms with E-state index in [4.69, 9.17) is 11.6 Å². The Balaban J connectivity index is 2.07. The molecule has 0 spiro atoms. The predicted octanol–water partition coefficient (Wildman–Crippen LogP) is 4.35.